The molecular formula is C14H24. The van der Waals surface area contributed by atoms with E-state index in [1.54, 1.807) is 5.57 Å². The summed E-state index contributed by atoms with van der Waals surface area (Å²) in [6.07, 6.45) is 3.97. The molecule has 0 radical (unpaired) electrons. The van der Waals surface area contributed by atoms with Gasteiger partial charge in [0.2, 0.25) is 0 Å². The van der Waals surface area contributed by atoms with E-state index in [2.05, 4.69) is 47.3 Å². The van der Waals surface area contributed by atoms with Crippen molar-refractivity contribution in [2.45, 2.75) is 60.8 Å². The highest BCUT2D eigenvalue weighted by Crippen LogP contribution is 2.70. The van der Waals surface area contributed by atoms with Crippen molar-refractivity contribution in [3.05, 3.63) is 16.9 Å². The predicted molar refractivity (Wildman–Crippen MR) is 63.3 cm³/mol. The van der Waals surface area contributed by atoms with Gasteiger partial charge in [-0.1, -0.05) is 40.5 Å². The Balaban J connectivity index is 2.89. The summed E-state index contributed by atoms with van der Waals surface area (Å²) in [5.41, 5.74) is 7.21. The van der Waals surface area contributed by atoms with E-state index in [4.69, 9.17) is 0 Å². The van der Waals surface area contributed by atoms with Gasteiger partial charge in [-0.15, -0.1) is 5.73 Å². The predicted octanol–water partition coefficient (Wildman–Crippen LogP) is 4.71. The lowest BCUT2D eigenvalue weighted by atomic mass is 9.92. The van der Waals surface area contributed by atoms with Gasteiger partial charge in [-0.2, -0.15) is 0 Å². The average Bonchev–Trinajstić information content (AvgIpc) is 2.47. The molecule has 14 heavy (non-hydrogen) atoms. The summed E-state index contributed by atoms with van der Waals surface area (Å²) in [5.74, 6) is 0. The van der Waals surface area contributed by atoms with Crippen LogP contribution >= 0.6 is 0 Å². The largest absolute Gasteiger partial charge is 0.122 e. The molecule has 0 saturated heterocycles. The fraction of sp³-hybridized carbons (Fsp3) is 0.786. The van der Waals surface area contributed by atoms with Gasteiger partial charge < -0.3 is 0 Å². The molecule has 0 nitrogen and oxygen atoms in total. The summed E-state index contributed by atoms with van der Waals surface area (Å²) in [5, 5.41) is 0. The molecule has 1 unspecified atom stereocenters. The van der Waals surface area contributed by atoms with Gasteiger partial charge in [0.05, 0.1) is 0 Å². The first-order valence-corrected chi connectivity index (χ1v) is 5.81. The minimum absolute atomic E-state index is 0.388. The molecule has 1 aliphatic carbocycles. The van der Waals surface area contributed by atoms with E-state index in [1.807, 2.05) is 0 Å². The number of hydrogen-bond acceptors (Lipinski definition) is 0. The molecule has 0 heterocycles. The van der Waals surface area contributed by atoms with Crippen LogP contribution in [0.2, 0.25) is 0 Å². The molecule has 0 aliphatic heterocycles. The highest BCUT2D eigenvalue weighted by atomic mass is 14.6. The van der Waals surface area contributed by atoms with Crippen molar-refractivity contribution in [1.29, 1.82) is 0 Å². The van der Waals surface area contributed by atoms with Crippen LogP contribution in [0, 0.1) is 10.8 Å². The Morgan fingerprint density at radius 1 is 1.21 bits per heavy atom. The summed E-state index contributed by atoms with van der Waals surface area (Å²) in [4.78, 5) is 0. The van der Waals surface area contributed by atoms with E-state index in [0.29, 0.717) is 10.8 Å². The Hall–Kier alpha value is -0.480. The highest BCUT2D eigenvalue weighted by molar-refractivity contribution is 5.42. The van der Waals surface area contributed by atoms with Gasteiger partial charge in [0.25, 0.3) is 0 Å². The smallest absolute Gasteiger partial charge is 0.00597 e. The van der Waals surface area contributed by atoms with Crippen LogP contribution in [0.3, 0.4) is 0 Å². The van der Waals surface area contributed by atoms with Crippen molar-refractivity contribution in [2.75, 3.05) is 0 Å². The fourth-order valence-corrected chi connectivity index (χ4v) is 2.43. The molecule has 0 N–H and O–H groups in total. The number of rotatable bonds is 3. The molecule has 0 spiro atoms. The molecule has 0 aromatic heterocycles. The van der Waals surface area contributed by atoms with Crippen LogP contribution in [-0.2, 0) is 0 Å². The minimum Gasteiger partial charge on any atom is -0.122 e. The second-order valence-corrected chi connectivity index (χ2v) is 5.56. The van der Waals surface area contributed by atoms with Crippen LogP contribution in [0.15, 0.2) is 16.9 Å². The molecule has 1 fully saturated rings. The van der Waals surface area contributed by atoms with Crippen molar-refractivity contribution < 1.29 is 0 Å². The monoisotopic (exact) mass is 192 g/mol. The van der Waals surface area contributed by atoms with E-state index in [1.165, 1.54) is 24.8 Å². The van der Waals surface area contributed by atoms with Crippen molar-refractivity contribution in [3.63, 3.8) is 0 Å². The van der Waals surface area contributed by atoms with E-state index in [9.17, 15) is 0 Å². The molecule has 0 bridgehead atoms. The normalized spacial score (nSPS) is 28.6. The van der Waals surface area contributed by atoms with Crippen molar-refractivity contribution in [2.24, 2.45) is 10.8 Å². The Morgan fingerprint density at radius 3 is 2.21 bits per heavy atom. The maximum atomic E-state index is 3.54. The standard InChI is InChI=1S/C14H24/c1-7-8-9-14(6)12(10-11(2)3)13(14,4)5/h7-9H2,1-6H3. The molecule has 80 valence electrons. The Morgan fingerprint density at radius 2 is 1.79 bits per heavy atom. The van der Waals surface area contributed by atoms with E-state index in [-0.39, 0.29) is 0 Å². The SMILES string of the molecule is CCCCC1(C)C(=C=C(C)C)C1(C)C. The van der Waals surface area contributed by atoms with E-state index < -0.39 is 0 Å². The molecular weight excluding hydrogens is 168 g/mol. The van der Waals surface area contributed by atoms with Gasteiger partial charge in [0, 0.05) is 10.8 Å². The third kappa shape index (κ3) is 1.68. The molecule has 1 aliphatic rings. The number of allylic oxidation sites excluding steroid dienone is 1. The summed E-state index contributed by atoms with van der Waals surface area (Å²) in [6.45, 7) is 13.7. The van der Waals surface area contributed by atoms with Crippen LogP contribution < -0.4 is 0 Å². The molecule has 1 atom stereocenters. The average molecular weight is 192 g/mol. The topological polar surface area (TPSA) is 0 Å². The second kappa shape index (κ2) is 3.59. The van der Waals surface area contributed by atoms with Crippen molar-refractivity contribution >= 4 is 0 Å². The summed E-state index contributed by atoms with van der Waals surface area (Å²) < 4.78 is 0. The van der Waals surface area contributed by atoms with E-state index in [0.717, 1.165) is 0 Å². The molecule has 0 heteroatoms. The maximum absolute atomic E-state index is 3.54. The van der Waals surface area contributed by atoms with Crippen molar-refractivity contribution in [3.8, 4) is 0 Å². The molecule has 0 aromatic rings. The van der Waals surface area contributed by atoms with E-state index >= 15 is 0 Å². The van der Waals surface area contributed by atoms with Gasteiger partial charge >= 0.3 is 0 Å². The van der Waals surface area contributed by atoms with Crippen LogP contribution in [-0.4, -0.2) is 0 Å². The van der Waals surface area contributed by atoms with Crippen molar-refractivity contribution in [1.82, 2.24) is 0 Å². The zero-order valence-corrected chi connectivity index (χ0v) is 10.6. The molecule has 1 rings (SSSR count). The van der Waals surface area contributed by atoms with Crippen LogP contribution in [0.5, 0.6) is 0 Å². The van der Waals surface area contributed by atoms with Gasteiger partial charge in [-0.25, -0.2) is 0 Å². The summed E-state index contributed by atoms with van der Waals surface area (Å²) in [7, 11) is 0. The van der Waals surface area contributed by atoms with Gasteiger partial charge in [-0.3, -0.25) is 0 Å². The molecule has 0 amide bonds. The molecule has 0 aromatic carbocycles. The first-order valence-electron chi connectivity index (χ1n) is 5.81. The summed E-state index contributed by atoms with van der Waals surface area (Å²) >= 11 is 0. The lowest BCUT2D eigenvalue weighted by molar-refractivity contribution is 0.379. The highest BCUT2D eigenvalue weighted by Gasteiger charge is 2.62. The Bertz CT molecular complexity index is 283. The van der Waals surface area contributed by atoms with Crippen LogP contribution in [0.25, 0.3) is 0 Å². The number of hydrogen-bond donors (Lipinski definition) is 0. The first-order chi connectivity index (χ1) is 6.36. The second-order valence-electron chi connectivity index (χ2n) is 5.56. The van der Waals surface area contributed by atoms with Gasteiger partial charge in [0.15, 0.2) is 0 Å². The zero-order chi connectivity index (χ0) is 11.0. The number of unbranched alkanes of at least 4 members (excludes halogenated alkanes) is 1. The maximum Gasteiger partial charge on any atom is 0.00597 e. The summed E-state index contributed by atoms with van der Waals surface area (Å²) in [6, 6.07) is 0. The third-order valence-electron chi connectivity index (χ3n) is 3.90. The Labute approximate surface area is 89.1 Å². The van der Waals surface area contributed by atoms with Crippen LogP contribution in [0.4, 0.5) is 0 Å². The lowest BCUT2D eigenvalue weighted by Crippen LogP contribution is -2.02. The third-order valence-corrected chi connectivity index (χ3v) is 3.90. The fourth-order valence-electron chi connectivity index (χ4n) is 2.43. The minimum atomic E-state index is 0.388. The quantitative estimate of drug-likeness (QED) is 0.568. The van der Waals surface area contributed by atoms with Gasteiger partial charge in [-0.05, 0) is 31.4 Å². The zero-order valence-electron chi connectivity index (χ0n) is 10.6. The molecule has 1 saturated carbocycles. The first kappa shape index (κ1) is 11.6. The lowest BCUT2D eigenvalue weighted by Gasteiger charge is -2.11. The van der Waals surface area contributed by atoms with Gasteiger partial charge in [0.1, 0.15) is 0 Å². The Kier molecular flexibility index (Phi) is 2.97. The van der Waals surface area contributed by atoms with Crippen LogP contribution in [0.1, 0.15) is 60.8 Å².